The van der Waals surface area contributed by atoms with Gasteiger partial charge in [0, 0.05) is 12.1 Å². The number of benzene rings is 2. The van der Waals surface area contributed by atoms with E-state index >= 15 is 0 Å². The van der Waals surface area contributed by atoms with Crippen LogP contribution in [0.4, 0.5) is 0 Å². The zero-order valence-corrected chi connectivity index (χ0v) is 23.1. The third-order valence-corrected chi connectivity index (χ3v) is 7.55. The minimum absolute atomic E-state index is 0.0810. The van der Waals surface area contributed by atoms with E-state index < -0.39 is 51.7 Å². The van der Waals surface area contributed by atoms with Crippen LogP contribution in [0.15, 0.2) is 48.5 Å². The quantitative estimate of drug-likeness (QED) is 0.115. The van der Waals surface area contributed by atoms with Crippen molar-refractivity contribution in [1.29, 1.82) is 5.41 Å². The van der Waals surface area contributed by atoms with Gasteiger partial charge in [-0.3, -0.25) is 15.0 Å². The number of nitrogens with one attached hydrogen (secondary N) is 4. The Bertz CT molecular complexity index is 1280. The van der Waals surface area contributed by atoms with Gasteiger partial charge in [0.15, 0.2) is 0 Å². The van der Waals surface area contributed by atoms with E-state index in [0.29, 0.717) is 11.3 Å². The molecule has 0 saturated heterocycles. The summed E-state index contributed by atoms with van der Waals surface area (Å²) in [6.07, 6.45) is 0.650. The Kier molecular flexibility index (Phi) is 11.9. The molecule has 0 spiro atoms. The van der Waals surface area contributed by atoms with Crippen LogP contribution in [-0.2, 0) is 31.9 Å². The van der Waals surface area contributed by atoms with E-state index in [-0.39, 0.29) is 29.9 Å². The molecule has 39 heavy (non-hydrogen) atoms. The molecular formula is C25H33N5O7S2. The third kappa shape index (κ3) is 10.3. The molecule has 0 aliphatic heterocycles. The zero-order valence-electron chi connectivity index (χ0n) is 21.5. The fourth-order valence-corrected chi connectivity index (χ4v) is 5.36. The number of carbonyl (C=O) groups is 3. The minimum atomic E-state index is -4.19. The molecule has 212 valence electrons. The van der Waals surface area contributed by atoms with E-state index in [4.69, 9.17) is 16.2 Å². The number of carbonyl (C=O) groups excluding carboxylic acids is 2. The number of aliphatic hydroxyl groups is 1. The van der Waals surface area contributed by atoms with Gasteiger partial charge in [0.05, 0.1) is 17.4 Å². The number of aromatic carboxylic acids is 1. The molecule has 0 aliphatic rings. The second-order valence-corrected chi connectivity index (χ2v) is 11.5. The van der Waals surface area contributed by atoms with Gasteiger partial charge in [-0.15, -0.1) is 0 Å². The second-order valence-electron chi connectivity index (χ2n) is 8.77. The van der Waals surface area contributed by atoms with Crippen LogP contribution in [0.3, 0.4) is 0 Å². The van der Waals surface area contributed by atoms with Gasteiger partial charge >= 0.3 is 5.97 Å². The van der Waals surface area contributed by atoms with Crippen LogP contribution in [0.5, 0.6) is 0 Å². The molecule has 0 aliphatic carbocycles. The molecule has 0 saturated carbocycles. The molecule has 0 radical (unpaired) electrons. The van der Waals surface area contributed by atoms with E-state index in [1.165, 1.54) is 43.0 Å². The van der Waals surface area contributed by atoms with Gasteiger partial charge in [-0.2, -0.15) is 16.5 Å². The molecule has 2 unspecified atom stereocenters. The van der Waals surface area contributed by atoms with Crippen LogP contribution >= 0.6 is 11.8 Å². The summed E-state index contributed by atoms with van der Waals surface area (Å²) in [6.45, 7) is 1.38. The summed E-state index contributed by atoms with van der Waals surface area (Å²) in [7, 11) is -4.19. The van der Waals surface area contributed by atoms with Crippen LogP contribution < -0.4 is 21.1 Å². The second kappa shape index (κ2) is 14.6. The lowest BCUT2D eigenvalue weighted by Gasteiger charge is -2.24. The van der Waals surface area contributed by atoms with E-state index in [2.05, 4.69) is 15.4 Å². The van der Waals surface area contributed by atoms with Gasteiger partial charge in [-0.25, -0.2) is 13.2 Å². The molecule has 8 N–H and O–H groups in total. The Balaban J connectivity index is 2.10. The van der Waals surface area contributed by atoms with Gasteiger partial charge in [0.25, 0.3) is 0 Å². The number of rotatable bonds is 15. The van der Waals surface area contributed by atoms with E-state index in [1.807, 2.05) is 6.26 Å². The monoisotopic (exact) mass is 579 g/mol. The lowest BCUT2D eigenvalue weighted by atomic mass is 10.1. The first-order valence-corrected chi connectivity index (χ1v) is 14.9. The number of thioether (sulfide) groups is 1. The summed E-state index contributed by atoms with van der Waals surface area (Å²) in [5.41, 5.74) is 6.81. The third-order valence-electron chi connectivity index (χ3n) is 5.58. The highest BCUT2D eigenvalue weighted by molar-refractivity contribution is 7.98. The first kappa shape index (κ1) is 31.8. The van der Waals surface area contributed by atoms with Crippen molar-refractivity contribution in [2.24, 2.45) is 5.73 Å². The number of hydrogen-bond acceptors (Lipinski definition) is 8. The van der Waals surface area contributed by atoms with Gasteiger partial charge in [0.1, 0.15) is 17.9 Å². The van der Waals surface area contributed by atoms with Crippen LogP contribution in [0.2, 0.25) is 0 Å². The number of nitrogens with two attached hydrogens (primary N) is 1. The van der Waals surface area contributed by atoms with Gasteiger partial charge in [0.2, 0.25) is 21.8 Å². The van der Waals surface area contributed by atoms with E-state index in [9.17, 15) is 27.9 Å². The van der Waals surface area contributed by atoms with Crippen molar-refractivity contribution in [3.8, 4) is 0 Å². The highest BCUT2D eigenvalue weighted by Crippen LogP contribution is 2.11. The standard InChI is InChI=1S/C25H33N5O7S2/c1-15(31)21(30-39(36,37)14-17-4-3-5-19(12-17)25(34)35)24(33)29-20(10-11-38-2)23(32)28-13-16-6-8-18(9-7-16)22(26)27/h3-9,12,15,20-21,30-31H,10-11,13-14H2,1-2H3,(H3,26,27)(H,28,32)(H,29,33)(H,34,35)/t15?,20-,21?/m0/s1. The van der Waals surface area contributed by atoms with Crippen LogP contribution in [0.25, 0.3) is 0 Å². The minimum Gasteiger partial charge on any atom is -0.478 e. The number of amides is 2. The van der Waals surface area contributed by atoms with Crippen molar-refractivity contribution in [2.45, 2.75) is 43.8 Å². The molecule has 2 aromatic rings. The van der Waals surface area contributed by atoms with Crippen LogP contribution in [0, 0.1) is 5.41 Å². The van der Waals surface area contributed by atoms with Crippen molar-refractivity contribution >= 4 is 45.4 Å². The Morgan fingerprint density at radius 3 is 2.28 bits per heavy atom. The molecule has 2 amide bonds. The molecule has 2 rings (SSSR count). The SMILES string of the molecule is CSCC[C@H](NC(=O)C(NS(=O)(=O)Cc1cccc(C(=O)O)c1)C(C)O)C(=O)NCc1ccc(C(=N)N)cc1. The van der Waals surface area contributed by atoms with Gasteiger partial charge in [-0.1, -0.05) is 36.4 Å². The summed E-state index contributed by atoms with van der Waals surface area (Å²) in [5, 5.41) is 32.0. The number of nitrogen functional groups attached to an aromatic ring is 1. The predicted molar refractivity (Wildman–Crippen MR) is 149 cm³/mol. The molecule has 3 atom stereocenters. The molecule has 0 aromatic heterocycles. The van der Waals surface area contributed by atoms with Crippen LogP contribution in [0.1, 0.15) is 40.4 Å². The predicted octanol–water partition coefficient (Wildman–Crippen LogP) is 0.392. The molecule has 0 heterocycles. The molecule has 0 bridgehead atoms. The fraction of sp³-hybridized carbons (Fsp3) is 0.360. The van der Waals surface area contributed by atoms with Crippen molar-refractivity contribution < 1.29 is 33.0 Å². The summed E-state index contributed by atoms with van der Waals surface area (Å²) in [5.74, 6) is -2.78. The Morgan fingerprint density at radius 2 is 1.72 bits per heavy atom. The fourth-order valence-electron chi connectivity index (χ4n) is 3.50. The number of sulfonamides is 1. The molecule has 0 fully saturated rings. The van der Waals surface area contributed by atoms with Crippen molar-refractivity contribution in [3.63, 3.8) is 0 Å². The number of amidine groups is 1. The first-order chi connectivity index (χ1) is 18.3. The summed E-state index contributed by atoms with van der Waals surface area (Å²) in [4.78, 5) is 37.1. The number of carboxylic acids is 1. The first-order valence-electron chi connectivity index (χ1n) is 11.8. The highest BCUT2D eigenvalue weighted by atomic mass is 32.2. The topological polar surface area (TPSA) is 212 Å². The summed E-state index contributed by atoms with van der Waals surface area (Å²) < 4.78 is 27.7. The largest absolute Gasteiger partial charge is 0.478 e. The maximum absolute atomic E-state index is 13.0. The normalized spacial score (nSPS) is 13.6. The Labute approximate surface area is 231 Å². The van der Waals surface area contributed by atoms with Gasteiger partial charge in [-0.05, 0) is 48.6 Å². The lowest BCUT2D eigenvalue weighted by Crippen LogP contribution is -2.57. The van der Waals surface area contributed by atoms with Crippen molar-refractivity contribution in [3.05, 3.63) is 70.8 Å². The average molecular weight is 580 g/mol. The smallest absolute Gasteiger partial charge is 0.335 e. The zero-order chi connectivity index (χ0) is 29.2. The van der Waals surface area contributed by atoms with Crippen molar-refractivity contribution in [2.75, 3.05) is 12.0 Å². The van der Waals surface area contributed by atoms with Gasteiger partial charge < -0.3 is 26.6 Å². The van der Waals surface area contributed by atoms with E-state index in [0.717, 1.165) is 5.56 Å². The Hall–Kier alpha value is -3.46. The van der Waals surface area contributed by atoms with Crippen LogP contribution in [-0.4, -0.2) is 72.4 Å². The molecule has 2 aromatic carbocycles. The van der Waals surface area contributed by atoms with E-state index in [1.54, 1.807) is 24.3 Å². The number of hydrogen-bond donors (Lipinski definition) is 7. The number of aliphatic hydroxyl groups excluding tert-OH is 1. The summed E-state index contributed by atoms with van der Waals surface area (Å²) >= 11 is 1.46. The molecule has 14 heteroatoms. The molecular weight excluding hydrogens is 546 g/mol. The highest BCUT2D eigenvalue weighted by Gasteiger charge is 2.31. The molecule has 12 nitrogen and oxygen atoms in total. The Morgan fingerprint density at radius 1 is 1.05 bits per heavy atom. The maximum atomic E-state index is 13.0. The number of carboxylic acid groups (broad SMARTS) is 1. The maximum Gasteiger partial charge on any atom is 0.335 e. The average Bonchev–Trinajstić information content (AvgIpc) is 2.88. The van der Waals surface area contributed by atoms with Crippen molar-refractivity contribution in [1.82, 2.24) is 15.4 Å². The summed E-state index contributed by atoms with van der Waals surface area (Å²) in [6, 6.07) is 9.46. The lowest BCUT2D eigenvalue weighted by molar-refractivity contribution is -0.131.